The molecule has 0 aliphatic heterocycles. The van der Waals surface area contributed by atoms with Crippen molar-refractivity contribution >= 4 is 11.9 Å². The quantitative estimate of drug-likeness (QED) is 0.0321. The Morgan fingerprint density at radius 1 is 0.414 bits per heavy atom. The van der Waals surface area contributed by atoms with Crippen LogP contribution in [0, 0.1) is 0 Å². The molecule has 0 saturated carbocycles. The lowest BCUT2D eigenvalue weighted by Crippen LogP contribution is -2.46. The van der Waals surface area contributed by atoms with Crippen LogP contribution < -0.4 is 5.32 Å². The largest absolute Gasteiger partial charge is 0.462 e. The highest BCUT2D eigenvalue weighted by Gasteiger charge is 2.24. The number of aliphatic hydroxyl groups is 2. The molecule has 0 radical (unpaired) electrons. The monoisotopic (exact) mass is 980 g/mol. The molecular formula is C64H117NO5. The molecule has 0 aliphatic rings. The number of hydrogen-bond acceptors (Lipinski definition) is 5. The molecule has 0 heterocycles. The average Bonchev–Trinajstić information content (AvgIpc) is 3.35. The summed E-state index contributed by atoms with van der Waals surface area (Å²) in [5.74, 6) is -0.488. The Labute approximate surface area is 435 Å². The fourth-order valence-electron chi connectivity index (χ4n) is 9.35. The molecule has 1 amide bonds. The molecule has 0 fully saturated rings. The summed E-state index contributed by atoms with van der Waals surface area (Å²) in [5, 5.41) is 24.0. The molecule has 0 rings (SSSR count). The van der Waals surface area contributed by atoms with Gasteiger partial charge in [-0.1, -0.05) is 313 Å². The van der Waals surface area contributed by atoms with Crippen molar-refractivity contribution < 1.29 is 24.5 Å². The number of hydrogen-bond donors (Lipinski definition) is 3. The number of nitrogens with one attached hydrogen (secondary N) is 1. The van der Waals surface area contributed by atoms with E-state index in [9.17, 15) is 19.8 Å². The van der Waals surface area contributed by atoms with Gasteiger partial charge in [-0.3, -0.25) is 9.59 Å². The molecule has 6 heteroatoms. The first kappa shape index (κ1) is 67.6. The first-order valence-electron chi connectivity index (χ1n) is 30.6. The Morgan fingerprint density at radius 2 is 0.757 bits per heavy atom. The normalized spacial score (nSPS) is 13.5. The van der Waals surface area contributed by atoms with E-state index >= 15 is 0 Å². The van der Waals surface area contributed by atoms with Crippen LogP contribution in [0.15, 0.2) is 60.8 Å². The van der Waals surface area contributed by atoms with Gasteiger partial charge in [0.1, 0.15) is 6.10 Å². The van der Waals surface area contributed by atoms with E-state index < -0.39 is 18.2 Å². The molecule has 0 aromatic heterocycles. The average molecular weight is 981 g/mol. The summed E-state index contributed by atoms with van der Waals surface area (Å²) < 4.78 is 5.97. The highest BCUT2D eigenvalue weighted by Crippen LogP contribution is 2.19. The number of aliphatic hydroxyl groups excluding tert-OH is 2. The van der Waals surface area contributed by atoms with Crippen molar-refractivity contribution in [3.05, 3.63) is 60.8 Å². The van der Waals surface area contributed by atoms with Crippen LogP contribution in [0.25, 0.3) is 0 Å². The van der Waals surface area contributed by atoms with Gasteiger partial charge in [-0.25, -0.2) is 0 Å². The first-order chi connectivity index (χ1) is 34.5. The molecule has 0 spiro atoms. The van der Waals surface area contributed by atoms with Crippen LogP contribution in [-0.4, -0.2) is 46.9 Å². The highest BCUT2D eigenvalue weighted by molar-refractivity contribution is 5.77. The summed E-state index contributed by atoms with van der Waals surface area (Å²) in [6, 6.07) is -0.708. The van der Waals surface area contributed by atoms with E-state index in [1.54, 1.807) is 0 Å². The molecule has 0 bridgehead atoms. The van der Waals surface area contributed by atoms with Gasteiger partial charge in [-0.2, -0.15) is 0 Å². The van der Waals surface area contributed by atoms with Gasteiger partial charge in [0.2, 0.25) is 5.91 Å². The fraction of sp³-hybridized carbons (Fsp3) is 0.812. The molecule has 0 saturated heterocycles. The van der Waals surface area contributed by atoms with Gasteiger partial charge in [0.05, 0.1) is 25.2 Å². The first-order valence-corrected chi connectivity index (χ1v) is 30.6. The van der Waals surface area contributed by atoms with Gasteiger partial charge in [0, 0.05) is 6.42 Å². The summed E-state index contributed by atoms with van der Waals surface area (Å²) in [7, 11) is 0. The molecule has 6 nitrogen and oxygen atoms in total. The maximum atomic E-state index is 13.3. The zero-order chi connectivity index (χ0) is 50.9. The number of carbonyl (C=O) groups is 2. The van der Waals surface area contributed by atoms with E-state index in [1.165, 1.54) is 186 Å². The van der Waals surface area contributed by atoms with Crippen LogP contribution >= 0.6 is 0 Å². The molecule has 70 heavy (non-hydrogen) atoms. The molecule has 3 N–H and O–H groups in total. The Hall–Kier alpha value is -2.44. The van der Waals surface area contributed by atoms with E-state index in [0.717, 1.165) is 77.0 Å². The minimum atomic E-state index is -0.794. The van der Waals surface area contributed by atoms with Gasteiger partial charge in [0.25, 0.3) is 0 Å². The molecule has 0 aromatic carbocycles. The number of unbranched alkanes of at least 4 members (excludes halogenated alkanes) is 37. The zero-order valence-corrected chi connectivity index (χ0v) is 46.7. The zero-order valence-electron chi connectivity index (χ0n) is 46.7. The Kier molecular flexibility index (Phi) is 55.5. The van der Waals surface area contributed by atoms with Crippen LogP contribution in [-0.2, 0) is 14.3 Å². The summed E-state index contributed by atoms with van der Waals surface area (Å²) in [4.78, 5) is 26.3. The number of esters is 1. The van der Waals surface area contributed by atoms with E-state index in [-0.39, 0.29) is 24.9 Å². The minimum absolute atomic E-state index is 0.0690. The summed E-state index contributed by atoms with van der Waals surface area (Å²) in [5.41, 5.74) is 0. The lowest BCUT2D eigenvalue weighted by atomic mass is 10.0. The topological polar surface area (TPSA) is 95.9 Å². The lowest BCUT2D eigenvalue weighted by molar-refractivity contribution is -0.151. The van der Waals surface area contributed by atoms with Crippen molar-refractivity contribution in [2.45, 2.75) is 328 Å². The Balaban J connectivity index is 4.57. The van der Waals surface area contributed by atoms with Gasteiger partial charge in [-0.15, -0.1) is 0 Å². The number of amides is 1. The fourth-order valence-corrected chi connectivity index (χ4v) is 9.35. The third-order valence-corrected chi connectivity index (χ3v) is 14.0. The lowest BCUT2D eigenvalue weighted by Gasteiger charge is -2.24. The predicted octanol–water partition coefficient (Wildman–Crippen LogP) is 19.1. The van der Waals surface area contributed by atoms with Gasteiger partial charge >= 0.3 is 5.97 Å². The van der Waals surface area contributed by atoms with Crippen molar-refractivity contribution in [1.82, 2.24) is 5.32 Å². The van der Waals surface area contributed by atoms with Crippen molar-refractivity contribution in [2.24, 2.45) is 0 Å². The summed E-state index contributed by atoms with van der Waals surface area (Å²) in [6.45, 7) is 6.44. The van der Waals surface area contributed by atoms with Crippen LogP contribution in [0.1, 0.15) is 310 Å². The van der Waals surface area contributed by atoms with Crippen LogP contribution in [0.2, 0.25) is 0 Å². The Morgan fingerprint density at radius 3 is 1.16 bits per heavy atom. The number of rotatable bonds is 55. The second-order valence-electron chi connectivity index (χ2n) is 20.9. The maximum Gasteiger partial charge on any atom is 0.306 e. The van der Waals surface area contributed by atoms with E-state index in [1.807, 2.05) is 24.3 Å². The molecule has 0 aliphatic carbocycles. The molecule has 3 unspecified atom stereocenters. The highest BCUT2D eigenvalue weighted by atomic mass is 16.5. The molecule has 3 atom stereocenters. The van der Waals surface area contributed by atoms with Crippen molar-refractivity contribution in [3.63, 3.8) is 0 Å². The van der Waals surface area contributed by atoms with Crippen molar-refractivity contribution in [2.75, 3.05) is 6.61 Å². The van der Waals surface area contributed by atoms with E-state index in [0.29, 0.717) is 19.3 Å². The summed E-state index contributed by atoms with van der Waals surface area (Å²) in [6.07, 6.45) is 72.8. The van der Waals surface area contributed by atoms with E-state index in [4.69, 9.17) is 4.74 Å². The minimum Gasteiger partial charge on any atom is -0.462 e. The second-order valence-corrected chi connectivity index (χ2v) is 20.9. The number of carbonyl (C=O) groups excluding carboxylic acids is 2. The van der Waals surface area contributed by atoms with Crippen LogP contribution in [0.4, 0.5) is 0 Å². The maximum absolute atomic E-state index is 13.3. The summed E-state index contributed by atoms with van der Waals surface area (Å²) >= 11 is 0. The van der Waals surface area contributed by atoms with Crippen molar-refractivity contribution in [1.29, 1.82) is 0 Å². The molecular weight excluding hydrogens is 863 g/mol. The van der Waals surface area contributed by atoms with Crippen LogP contribution in [0.5, 0.6) is 0 Å². The Bertz CT molecular complexity index is 1240. The third-order valence-electron chi connectivity index (χ3n) is 14.0. The van der Waals surface area contributed by atoms with Gasteiger partial charge in [0.15, 0.2) is 0 Å². The van der Waals surface area contributed by atoms with Gasteiger partial charge in [-0.05, 0) is 44.9 Å². The second kappa shape index (κ2) is 57.5. The van der Waals surface area contributed by atoms with Gasteiger partial charge < -0.3 is 20.3 Å². The predicted molar refractivity (Wildman–Crippen MR) is 305 cm³/mol. The van der Waals surface area contributed by atoms with Crippen molar-refractivity contribution in [3.8, 4) is 0 Å². The van der Waals surface area contributed by atoms with Crippen LogP contribution in [0.3, 0.4) is 0 Å². The molecule has 408 valence electrons. The smallest absolute Gasteiger partial charge is 0.306 e. The third kappa shape index (κ3) is 51.9. The number of ether oxygens (including phenoxy) is 1. The molecule has 0 aromatic rings. The SMILES string of the molecule is CCC/C=C/C=C/C=C/C=C/C=C/CCCCCCCC(=O)OC(CCCCCCCCCCCCCCCCCC)CC(=O)NC(CO)C(O)CCCCCCCCCCCCCCCCCCC. The standard InChI is InChI=1S/C64H117NO5/c1-4-7-10-13-16-19-22-25-28-31-33-36-39-42-45-48-51-54-57-64(69)70-60(55-52-49-46-43-40-37-34-30-27-24-21-18-15-12-9-6-3)58-63(68)65-61(59-66)62(67)56-53-50-47-44-41-38-35-32-29-26-23-20-17-14-11-8-5-2/h10,13,16,19,22,25,28,31,33,36,60-62,66-67H,4-9,11-12,14-15,17-18,20-21,23-24,26-27,29-30,32,34-35,37-59H2,1-3H3,(H,65,68)/b13-10+,19-16+,25-22+,31-28+,36-33+. The van der Waals surface area contributed by atoms with E-state index in [2.05, 4.69) is 62.5 Å². The number of allylic oxidation sites excluding steroid dienone is 10.